The molecule has 11 nitrogen and oxygen atoms in total. The van der Waals surface area contributed by atoms with Gasteiger partial charge in [0.1, 0.15) is 24.4 Å². The molecule has 0 aliphatic carbocycles. The van der Waals surface area contributed by atoms with Crippen LogP contribution in [-0.4, -0.2) is 85.2 Å². The first kappa shape index (κ1) is 28.2. The zero-order valence-electron chi connectivity index (χ0n) is 22.5. The maximum absolute atomic E-state index is 13.5. The Morgan fingerprint density at radius 3 is 2.63 bits per heavy atom. The van der Waals surface area contributed by atoms with E-state index in [4.69, 9.17) is 9.47 Å². The van der Waals surface area contributed by atoms with E-state index in [1.165, 1.54) is 23.5 Å². The highest BCUT2D eigenvalue weighted by Gasteiger charge is 2.27. The van der Waals surface area contributed by atoms with Crippen LogP contribution in [-0.2, 0) is 28.2 Å². The molecule has 1 fully saturated rings. The van der Waals surface area contributed by atoms with Crippen molar-refractivity contribution in [3.63, 3.8) is 0 Å². The first-order valence-corrected chi connectivity index (χ1v) is 14.5. The van der Waals surface area contributed by atoms with E-state index in [9.17, 15) is 18.4 Å². The lowest BCUT2D eigenvalue weighted by atomic mass is 10.1. The summed E-state index contributed by atoms with van der Waals surface area (Å²) in [7, 11) is -0.698. The number of hydrogen-bond acceptors (Lipinski definition) is 7. The molecule has 0 radical (unpaired) electrons. The van der Waals surface area contributed by atoms with Gasteiger partial charge < -0.3 is 24.3 Å². The first-order chi connectivity index (χ1) is 18.1. The number of nitrogens with zero attached hydrogens (tertiary/aromatic N) is 4. The average molecular weight is 548 g/mol. The zero-order valence-corrected chi connectivity index (χ0v) is 23.3. The van der Waals surface area contributed by atoms with Gasteiger partial charge in [0.05, 0.1) is 49.2 Å². The number of fused-ring (bicyclic) bond motifs is 1. The molecule has 1 aromatic carbocycles. The molecule has 208 valence electrons. The van der Waals surface area contributed by atoms with Crippen molar-refractivity contribution < 1.29 is 22.5 Å². The van der Waals surface area contributed by atoms with Gasteiger partial charge in [-0.3, -0.25) is 9.48 Å². The average Bonchev–Trinajstić information content (AvgIpc) is 3.21. The minimum absolute atomic E-state index is 0.0548. The summed E-state index contributed by atoms with van der Waals surface area (Å²) < 4.78 is 40.5. The molecule has 1 aliphatic heterocycles. The Bertz CT molecular complexity index is 1440. The minimum Gasteiger partial charge on any atom is -0.633 e. The van der Waals surface area contributed by atoms with Crippen molar-refractivity contribution in [3.05, 3.63) is 45.5 Å². The van der Waals surface area contributed by atoms with E-state index in [2.05, 4.69) is 10.1 Å². The summed E-state index contributed by atoms with van der Waals surface area (Å²) in [5.74, 6) is 0.474. The van der Waals surface area contributed by atoms with Gasteiger partial charge in [-0.15, -0.1) is 0 Å². The number of pyridine rings is 1. The molecule has 4 rings (SSSR count). The van der Waals surface area contributed by atoms with E-state index < -0.39 is 14.7 Å². The van der Waals surface area contributed by atoms with Crippen LogP contribution in [0.3, 0.4) is 0 Å². The van der Waals surface area contributed by atoms with Crippen molar-refractivity contribution in [2.45, 2.75) is 38.0 Å². The minimum atomic E-state index is -3.91. The number of hydrogen-bond donors (Lipinski definition) is 1. The molecule has 1 aliphatic rings. The van der Waals surface area contributed by atoms with Gasteiger partial charge >= 0.3 is 0 Å². The number of aromatic nitrogens is 3. The maximum atomic E-state index is 13.5. The molecule has 0 spiro atoms. The van der Waals surface area contributed by atoms with E-state index in [0.29, 0.717) is 61.9 Å². The Hall–Kier alpha value is -2.77. The Labute approximate surface area is 223 Å². The number of aryl methyl sites for hydroxylation is 2. The Morgan fingerprint density at radius 1 is 1.21 bits per heavy atom. The summed E-state index contributed by atoms with van der Waals surface area (Å²) in [6.07, 6.45) is 2.35. The van der Waals surface area contributed by atoms with Gasteiger partial charge in [-0.2, -0.15) is 9.40 Å². The van der Waals surface area contributed by atoms with Crippen molar-refractivity contribution in [1.82, 2.24) is 19.1 Å². The predicted molar refractivity (Wildman–Crippen MR) is 145 cm³/mol. The number of sulfonamides is 1. The molecule has 12 heteroatoms. The summed E-state index contributed by atoms with van der Waals surface area (Å²) in [5, 5.41) is 18.1. The summed E-state index contributed by atoms with van der Waals surface area (Å²) in [4.78, 5) is 16.0. The fraction of sp³-hybridized carbons (Fsp3) is 0.538. The summed E-state index contributed by atoms with van der Waals surface area (Å²) in [6.45, 7) is 6.07. The van der Waals surface area contributed by atoms with Crippen LogP contribution in [0.25, 0.3) is 22.2 Å². The van der Waals surface area contributed by atoms with Gasteiger partial charge in [0.25, 0.3) is 5.56 Å². The Balaban J connectivity index is 1.73. The number of hydroxylamine groups is 3. The highest BCUT2D eigenvalue weighted by molar-refractivity contribution is 7.89. The molecule has 38 heavy (non-hydrogen) atoms. The molecule has 0 saturated carbocycles. The number of ether oxygens (including phenoxy) is 2. The molecular weight excluding hydrogens is 510 g/mol. The van der Waals surface area contributed by atoms with E-state index in [1.807, 2.05) is 19.9 Å². The lowest BCUT2D eigenvalue weighted by molar-refractivity contribution is -0.887. The predicted octanol–water partition coefficient (Wildman–Crippen LogP) is 2.64. The van der Waals surface area contributed by atoms with Crippen LogP contribution in [0.2, 0.25) is 0 Å². The highest BCUT2D eigenvalue weighted by Crippen LogP contribution is 2.33. The largest absolute Gasteiger partial charge is 0.633 e. The number of morpholine rings is 1. The van der Waals surface area contributed by atoms with Crippen LogP contribution < -0.4 is 10.3 Å². The normalized spacial score (nSPS) is 15.8. The van der Waals surface area contributed by atoms with E-state index in [-0.39, 0.29) is 23.5 Å². The molecule has 0 unspecified atom stereocenters. The topological polar surface area (TPSA) is 130 Å². The number of H-pyrrole nitrogens is 1. The second-order valence-electron chi connectivity index (χ2n) is 9.77. The fourth-order valence-electron chi connectivity index (χ4n) is 4.69. The van der Waals surface area contributed by atoms with Gasteiger partial charge in [-0.1, -0.05) is 20.3 Å². The monoisotopic (exact) mass is 547 g/mol. The molecular formula is C26H37N5O6S. The summed E-state index contributed by atoms with van der Waals surface area (Å²) in [5.41, 5.74) is 1.90. The van der Waals surface area contributed by atoms with Gasteiger partial charge in [0, 0.05) is 25.0 Å². The van der Waals surface area contributed by atoms with Gasteiger partial charge in [-0.05, 0) is 37.1 Å². The van der Waals surface area contributed by atoms with Gasteiger partial charge in [0.2, 0.25) is 10.0 Å². The number of likely N-dealkylation sites (N-methyl/N-ethyl adjacent to an activating group) is 1. The van der Waals surface area contributed by atoms with Crippen LogP contribution in [0.5, 0.6) is 5.75 Å². The third-order valence-electron chi connectivity index (χ3n) is 6.92. The standard InChI is InChI=1S/C26H37N5O6S/c1-5-7-22-21-18-23(27-26(32)25(21)30(4)28-22)20-17-19(8-9-24(20)37-14-6-2)38(34,35)29(3)10-11-31(33)12-15-36-16-13-31/h8-9,17-18H,5-7,10-16H2,1-4H3,(H,27,32). The number of aromatic amines is 1. The van der Waals surface area contributed by atoms with Crippen LogP contribution in [0.1, 0.15) is 32.4 Å². The Morgan fingerprint density at radius 2 is 1.95 bits per heavy atom. The Kier molecular flexibility index (Phi) is 8.58. The molecule has 3 aromatic rings. The summed E-state index contributed by atoms with van der Waals surface area (Å²) in [6, 6.07) is 6.49. The maximum Gasteiger partial charge on any atom is 0.274 e. The highest BCUT2D eigenvalue weighted by atomic mass is 32.2. The van der Waals surface area contributed by atoms with Gasteiger partial charge in [-0.25, -0.2) is 8.42 Å². The molecule has 0 amide bonds. The molecule has 1 N–H and O–H groups in total. The van der Waals surface area contributed by atoms with E-state index in [0.717, 1.165) is 23.9 Å². The lowest BCUT2D eigenvalue weighted by Crippen LogP contribution is -2.53. The smallest absolute Gasteiger partial charge is 0.274 e. The molecule has 0 bridgehead atoms. The van der Waals surface area contributed by atoms with Crippen LogP contribution >= 0.6 is 0 Å². The van der Waals surface area contributed by atoms with Crippen LogP contribution in [0, 0.1) is 5.21 Å². The van der Waals surface area contributed by atoms with Gasteiger partial charge in [0.15, 0.2) is 0 Å². The number of rotatable bonds is 11. The first-order valence-electron chi connectivity index (χ1n) is 13.1. The molecule has 3 heterocycles. The molecule has 2 aromatic heterocycles. The number of nitrogens with one attached hydrogen (secondary N) is 1. The SMILES string of the molecule is CCCOc1ccc(S(=O)(=O)N(C)CC[N+]2([O-])CCOCC2)cc1-c1cc2c(CCC)nn(C)c2c(=O)[nH]1. The van der Waals surface area contributed by atoms with Crippen molar-refractivity contribution in [3.8, 4) is 17.0 Å². The third-order valence-corrected chi connectivity index (χ3v) is 8.77. The van der Waals surface area contributed by atoms with E-state index >= 15 is 0 Å². The molecule has 0 atom stereocenters. The number of benzene rings is 1. The summed E-state index contributed by atoms with van der Waals surface area (Å²) >= 11 is 0. The third kappa shape index (κ3) is 5.79. The number of quaternary nitrogens is 1. The van der Waals surface area contributed by atoms with E-state index in [1.54, 1.807) is 17.8 Å². The zero-order chi connectivity index (χ0) is 27.5. The second-order valence-corrected chi connectivity index (χ2v) is 11.8. The van der Waals surface area contributed by atoms with Crippen LogP contribution in [0.15, 0.2) is 34.0 Å². The fourth-order valence-corrected chi connectivity index (χ4v) is 5.87. The van der Waals surface area contributed by atoms with Crippen LogP contribution in [0.4, 0.5) is 0 Å². The van der Waals surface area contributed by atoms with Crippen molar-refractivity contribution >= 4 is 20.9 Å². The second kappa shape index (κ2) is 11.5. The lowest BCUT2D eigenvalue weighted by Gasteiger charge is -2.45. The van der Waals surface area contributed by atoms with Crippen molar-refractivity contribution in [2.24, 2.45) is 7.05 Å². The van der Waals surface area contributed by atoms with Crippen molar-refractivity contribution in [2.75, 3.05) is 53.0 Å². The quantitative estimate of drug-likeness (QED) is 0.289. The molecule has 1 saturated heterocycles. The van der Waals surface area contributed by atoms with Crippen molar-refractivity contribution in [1.29, 1.82) is 0 Å².